The highest BCUT2D eigenvalue weighted by Gasteiger charge is 2.18. The number of rotatable bonds is 15. The number of hydrogen-bond acceptors (Lipinski definition) is 3. The lowest BCUT2D eigenvalue weighted by atomic mass is 9.93. The summed E-state index contributed by atoms with van der Waals surface area (Å²) in [7, 11) is 0. The van der Waals surface area contributed by atoms with Crippen LogP contribution < -0.4 is 0 Å². The Morgan fingerprint density at radius 3 is 1.77 bits per heavy atom. The number of carboxylic acid groups (broad SMARTS) is 1. The number of nitrogens with zero attached hydrogens (tertiary/aromatic N) is 2. The quantitative estimate of drug-likeness (QED) is 0.225. The molecule has 1 unspecified atom stereocenters. The van der Waals surface area contributed by atoms with E-state index in [2.05, 4.69) is 29.0 Å². The maximum Gasteiger partial charge on any atom is 0.310 e. The molecule has 0 radical (unpaired) electrons. The van der Waals surface area contributed by atoms with E-state index < -0.39 is 11.9 Å². The normalized spacial score (nSPS) is 11.9. The molecule has 1 N–H and O–H groups in total. The zero-order valence-corrected chi connectivity index (χ0v) is 21.4. The average Bonchev–Trinajstić information content (AvgIpc) is 2.89. The van der Waals surface area contributed by atoms with E-state index >= 15 is 0 Å². The Bertz CT molecular complexity index is 1010. The van der Waals surface area contributed by atoms with Crippen molar-refractivity contribution in [2.75, 3.05) is 0 Å². The van der Waals surface area contributed by atoms with Crippen molar-refractivity contribution in [3.8, 4) is 22.5 Å². The highest BCUT2D eigenvalue weighted by Crippen LogP contribution is 2.27. The van der Waals surface area contributed by atoms with Crippen molar-refractivity contribution in [1.29, 1.82) is 0 Å². The van der Waals surface area contributed by atoms with Crippen LogP contribution >= 0.6 is 0 Å². The first-order chi connectivity index (χ1) is 17.1. The zero-order valence-electron chi connectivity index (χ0n) is 21.4. The van der Waals surface area contributed by atoms with Gasteiger partial charge in [-0.2, -0.15) is 0 Å². The maximum absolute atomic E-state index is 11.5. The molecule has 4 heteroatoms. The number of aliphatic carboxylic acids is 1. The molecule has 0 aliphatic carbocycles. The molecule has 186 valence electrons. The highest BCUT2D eigenvalue weighted by molar-refractivity contribution is 5.76. The van der Waals surface area contributed by atoms with Crippen LogP contribution in [0.1, 0.15) is 95.1 Å². The number of carboxylic acids is 1. The van der Waals surface area contributed by atoms with Crippen LogP contribution in [0.4, 0.5) is 0 Å². The number of hydrogen-bond donors (Lipinski definition) is 1. The number of carbonyl (C=O) groups is 1. The van der Waals surface area contributed by atoms with Crippen molar-refractivity contribution >= 4 is 5.97 Å². The smallest absolute Gasteiger partial charge is 0.310 e. The van der Waals surface area contributed by atoms with E-state index in [0.29, 0.717) is 6.42 Å². The minimum atomic E-state index is -0.757. The molecule has 0 amide bonds. The Hall–Kier alpha value is -3.01. The Kier molecular flexibility index (Phi) is 10.9. The third kappa shape index (κ3) is 8.31. The number of benzene rings is 2. The molecule has 2 aromatic carbocycles. The van der Waals surface area contributed by atoms with E-state index in [-0.39, 0.29) is 0 Å². The lowest BCUT2D eigenvalue weighted by molar-refractivity contribution is -0.139. The molecule has 0 saturated carbocycles. The molecule has 4 nitrogen and oxygen atoms in total. The van der Waals surface area contributed by atoms with Crippen LogP contribution in [0, 0.1) is 0 Å². The van der Waals surface area contributed by atoms with Gasteiger partial charge >= 0.3 is 5.97 Å². The lowest BCUT2D eigenvalue weighted by Gasteiger charge is -2.12. The fraction of sp³-hybridized carbons (Fsp3) is 0.452. The summed E-state index contributed by atoms with van der Waals surface area (Å²) in [6.45, 7) is 4.28. The Labute approximate surface area is 210 Å². The molecular weight excluding hydrogens is 432 g/mol. The van der Waals surface area contributed by atoms with Gasteiger partial charge in [0.05, 0.1) is 5.92 Å². The molecular formula is C31H40N2O2. The van der Waals surface area contributed by atoms with Crippen LogP contribution in [0.15, 0.2) is 60.9 Å². The minimum absolute atomic E-state index is 0.438. The molecule has 0 aliphatic heterocycles. The molecule has 3 rings (SSSR count). The third-order valence-electron chi connectivity index (χ3n) is 6.69. The molecule has 0 bridgehead atoms. The van der Waals surface area contributed by atoms with E-state index in [1.54, 1.807) is 0 Å². The van der Waals surface area contributed by atoms with Gasteiger partial charge in [0.15, 0.2) is 5.82 Å². The molecule has 1 aromatic heterocycles. The Morgan fingerprint density at radius 2 is 1.23 bits per heavy atom. The topological polar surface area (TPSA) is 63.1 Å². The summed E-state index contributed by atoms with van der Waals surface area (Å²) in [5.74, 6) is -0.449. The van der Waals surface area contributed by atoms with Gasteiger partial charge in [0.25, 0.3) is 0 Å². The predicted molar refractivity (Wildman–Crippen MR) is 145 cm³/mol. The van der Waals surface area contributed by atoms with Crippen LogP contribution in [0.5, 0.6) is 0 Å². The number of aromatic nitrogens is 2. The standard InChI is InChI=1S/C31H40N2O2/c1-3-5-6-7-8-9-10-11-13-24-22-32-30(33-23-24)28-20-16-26(17-21-28)25-14-18-27(19-15-25)29(12-4-2)31(34)35/h14-23,29H,3-13H2,1-2H3,(H,34,35). The monoisotopic (exact) mass is 472 g/mol. The summed E-state index contributed by atoms with van der Waals surface area (Å²) in [5.41, 5.74) is 5.23. The van der Waals surface area contributed by atoms with Crippen LogP contribution in [0.25, 0.3) is 22.5 Å². The molecule has 35 heavy (non-hydrogen) atoms. The van der Waals surface area contributed by atoms with E-state index in [0.717, 1.165) is 40.9 Å². The van der Waals surface area contributed by atoms with Crippen molar-refractivity contribution in [3.05, 3.63) is 72.1 Å². The van der Waals surface area contributed by atoms with Gasteiger partial charge in [0, 0.05) is 18.0 Å². The summed E-state index contributed by atoms with van der Waals surface area (Å²) in [5, 5.41) is 9.49. The second-order valence-corrected chi connectivity index (χ2v) is 9.52. The summed E-state index contributed by atoms with van der Waals surface area (Å²) in [6.07, 6.45) is 17.1. The minimum Gasteiger partial charge on any atom is -0.481 e. The van der Waals surface area contributed by atoms with E-state index in [9.17, 15) is 9.90 Å². The Morgan fingerprint density at radius 1 is 0.714 bits per heavy atom. The van der Waals surface area contributed by atoms with Crippen molar-refractivity contribution in [2.45, 2.75) is 90.4 Å². The summed E-state index contributed by atoms with van der Waals surface area (Å²) >= 11 is 0. The van der Waals surface area contributed by atoms with Gasteiger partial charge in [-0.3, -0.25) is 4.79 Å². The fourth-order valence-electron chi connectivity index (χ4n) is 4.54. The summed E-state index contributed by atoms with van der Waals surface area (Å²) < 4.78 is 0. The van der Waals surface area contributed by atoms with Crippen molar-refractivity contribution < 1.29 is 9.90 Å². The first-order valence-electron chi connectivity index (χ1n) is 13.4. The third-order valence-corrected chi connectivity index (χ3v) is 6.69. The number of unbranched alkanes of at least 4 members (excludes halogenated alkanes) is 7. The summed E-state index contributed by atoms with van der Waals surface area (Å²) in [4.78, 5) is 20.7. The van der Waals surface area contributed by atoms with Crippen molar-refractivity contribution in [2.24, 2.45) is 0 Å². The van der Waals surface area contributed by atoms with Crippen LogP contribution in [-0.2, 0) is 11.2 Å². The predicted octanol–water partition coefficient (Wildman–Crippen LogP) is 8.46. The molecule has 0 fully saturated rings. The van der Waals surface area contributed by atoms with Crippen molar-refractivity contribution in [3.63, 3.8) is 0 Å². The molecule has 3 aromatic rings. The first-order valence-corrected chi connectivity index (χ1v) is 13.4. The summed E-state index contributed by atoms with van der Waals surface area (Å²) in [6, 6.07) is 16.1. The number of aryl methyl sites for hydroxylation is 1. The van der Waals surface area contributed by atoms with Gasteiger partial charge in [0.2, 0.25) is 0 Å². The van der Waals surface area contributed by atoms with Gasteiger partial charge in [-0.25, -0.2) is 9.97 Å². The highest BCUT2D eigenvalue weighted by atomic mass is 16.4. The van der Waals surface area contributed by atoms with Gasteiger partial charge in [-0.15, -0.1) is 0 Å². The molecule has 0 spiro atoms. The molecule has 0 aliphatic rings. The fourth-order valence-corrected chi connectivity index (χ4v) is 4.54. The van der Waals surface area contributed by atoms with Gasteiger partial charge in [-0.1, -0.05) is 114 Å². The van der Waals surface area contributed by atoms with Gasteiger partial charge < -0.3 is 5.11 Å². The SMILES string of the molecule is CCCCCCCCCCc1cnc(-c2ccc(-c3ccc(C(CCC)C(=O)O)cc3)cc2)nc1. The lowest BCUT2D eigenvalue weighted by Crippen LogP contribution is -2.11. The first kappa shape index (κ1) is 26.6. The second-order valence-electron chi connectivity index (χ2n) is 9.52. The molecule has 1 atom stereocenters. The van der Waals surface area contributed by atoms with E-state index in [4.69, 9.17) is 0 Å². The maximum atomic E-state index is 11.5. The Balaban J connectivity index is 1.52. The van der Waals surface area contributed by atoms with Gasteiger partial charge in [0.1, 0.15) is 0 Å². The van der Waals surface area contributed by atoms with Crippen molar-refractivity contribution in [1.82, 2.24) is 9.97 Å². The molecule has 1 heterocycles. The van der Waals surface area contributed by atoms with E-state index in [1.807, 2.05) is 55.7 Å². The average molecular weight is 473 g/mol. The zero-order chi connectivity index (χ0) is 24.9. The largest absolute Gasteiger partial charge is 0.481 e. The van der Waals surface area contributed by atoms with E-state index in [1.165, 1.54) is 56.9 Å². The van der Waals surface area contributed by atoms with Crippen LogP contribution in [0.2, 0.25) is 0 Å². The van der Waals surface area contributed by atoms with Crippen LogP contribution in [0.3, 0.4) is 0 Å². The second kappa shape index (κ2) is 14.4. The van der Waals surface area contributed by atoms with Crippen LogP contribution in [-0.4, -0.2) is 21.0 Å². The molecule has 0 saturated heterocycles. The van der Waals surface area contributed by atoms with Gasteiger partial charge in [-0.05, 0) is 41.5 Å².